The highest BCUT2D eigenvalue weighted by Gasteiger charge is 2.38. The van der Waals surface area contributed by atoms with Crippen LogP contribution in [0.15, 0.2) is 57.9 Å². The van der Waals surface area contributed by atoms with E-state index in [-0.39, 0.29) is 17.6 Å². The Labute approximate surface area is 154 Å². The van der Waals surface area contributed by atoms with Crippen LogP contribution < -0.4 is 0 Å². The standard InChI is InChI=1S/C18H18F3N3OS/c1-11-18(25-14-4-3-13(19)15(20)16(14)21)24-17(23-7-2-10-26-11)12-5-8-22-9-6-12/h2-3,5-6,8-11,14-16H,4,7H2,1H3/b10-2-,23-17?,24-18?. The van der Waals surface area contributed by atoms with Gasteiger partial charge < -0.3 is 4.74 Å². The van der Waals surface area contributed by atoms with Crippen molar-refractivity contribution in [3.05, 3.63) is 53.5 Å². The van der Waals surface area contributed by atoms with Gasteiger partial charge in [-0.15, -0.1) is 11.8 Å². The first kappa shape index (κ1) is 18.7. The monoisotopic (exact) mass is 381 g/mol. The fourth-order valence-electron chi connectivity index (χ4n) is 2.50. The molecule has 4 unspecified atom stereocenters. The van der Waals surface area contributed by atoms with Crippen molar-refractivity contribution in [3.8, 4) is 0 Å². The van der Waals surface area contributed by atoms with Gasteiger partial charge in [0.1, 0.15) is 11.9 Å². The molecule has 0 N–H and O–H groups in total. The zero-order valence-corrected chi connectivity index (χ0v) is 14.9. The molecule has 0 radical (unpaired) electrons. The van der Waals surface area contributed by atoms with Gasteiger partial charge in [0.25, 0.3) is 0 Å². The average Bonchev–Trinajstić information content (AvgIpc) is 2.74. The Morgan fingerprint density at radius 2 is 2.00 bits per heavy atom. The van der Waals surface area contributed by atoms with E-state index in [4.69, 9.17) is 4.74 Å². The van der Waals surface area contributed by atoms with Crippen molar-refractivity contribution in [1.29, 1.82) is 0 Å². The van der Waals surface area contributed by atoms with Gasteiger partial charge in [0.2, 0.25) is 5.90 Å². The molecular formula is C18H18F3N3OS. The summed E-state index contributed by atoms with van der Waals surface area (Å²) in [5.74, 6) is -0.433. The second kappa shape index (κ2) is 8.53. The van der Waals surface area contributed by atoms with Gasteiger partial charge in [-0.2, -0.15) is 4.99 Å². The minimum absolute atomic E-state index is 0.0542. The van der Waals surface area contributed by atoms with E-state index in [1.807, 2.05) is 18.4 Å². The Kier molecular flexibility index (Phi) is 6.13. The number of pyridine rings is 1. The number of nitrogens with zero attached hydrogens (tertiary/aromatic N) is 3. The largest absolute Gasteiger partial charge is 0.473 e. The number of ether oxygens (including phenoxy) is 1. The zero-order valence-electron chi connectivity index (χ0n) is 14.1. The predicted molar refractivity (Wildman–Crippen MR) is 97.7 cm³/mol. The molecule has 0 bridgehead atoms. The van der Waals surface area contributed by atoms with E-state index in [1.54, 1.807) is 24.5 Å². The van der Waals surface area contributed by atoms with Crippen molar-refractivity contribution < 1.29 is 17.9 Å². The highest BCUT2D eigenvalue weighted by molar-refractivity contribution is 8.03. The number of rotatable bonds is 2. The van der Waals surface area contributed by atoms with Gasteiger partial charge in [0.15, 0.2) is 18.2 Å². The van der Waals surface area contributed by atoms with Crippen LogP contribution in [0.5, 0.6) is 0 Å². The Morgan fingerprint density at radius 1 is 1.23 bits per heavy atom. The van der Waals surface area contributed by atoms with Crippen LogP contribution in [0.1, 0.15) is 18.9 Å². The normalized spacial score (nSPS) is 30.8. The third kappa shape index (κ3) is 4.35. The Morgan fingerprint density at radius 3 is 2.77 bits per heavy atom. The van der Waals surface area contributed by atoms with Gasteiger partial charge in [-0.3, -0.25) is 9.98 Å². The molecule has 1 aliphatic carbocycles. The quantitative estimate of drug-likeness (QED) is 0.772. The van der Waals surface area contributed by atoms with Crippen LogP contribution in [0.25, 0.3) is 0 Å². The van der Waals surface area contributed by atoms with E-state index >= 15 is 0 Å². The summed E-state index contributed by atoms with van der Waals surface area (Å²) in [6, 6.07) is 3.52. The third-order valence-electron chi connectivity index (χ3n) is 3.94. The number of halogens is 3. The van der Waals surface area contributed by atoms with Crippen molar-refractivity contribution in [1.82, 2.24) is 4.98 Å². The summed E-state index contributed by atoms with van der Waals surface area (Å²) in [7, 11) is 0. The molecule has 0 saturated carbocycles. The van der Waals surface area contributed by atoms with Crippen molar-refractivity contribution in [2.75, 3.05) is 6.54 Å². The first-order chi connectivity index (χ1) is 12.6. The van der Waals surface area contributed by atoms with Gasteiger partial charge in [0.05, 0.1) is 11.8 Å². The van der Waals surface area contributed by atoms with Crippen LogP contribution >= 0.6 is 11.8 Å². The topological polar surface area (TPSA) is 46.8 Å². The van der Waals surface area contributed by atoms with Crippen LogP contribution in [-0.2, 0) is 4.74 Å². The molecule has 1 aliphatic heterocycles. The van der Waals surface area contributed by atoms with Crippen molar-refractivity contribution in [2.24, 2.45) is 9.98 Å². The second-order valence-electron chi connectivity index (χ2n) is 5.83. The lowest BCUT2D eigenvalue weighted by atomic mass is 10.00. The number of hydrogen-bond acceptors (Lipinski definition) is 5. The second-order valence-corrected chi connectivity index (χ2v) is 7.08. The molecule has 1 aromatic rings. The lowest BCUT2D eigenvalue weighted by Crippen LogP contribution is -2.39. The Bertz CT molecular complexity index is 751. The average molecular weight is 381 g/mol. The van der Waals surface area contributed by atoms with Crippen molar-refractivity contribution in [3.63, 3.8) is 0 Å². The molecular weight excluding hydrogens is 363 g/mol. The smallest absolute Gasteiger partial charge is 0.203 e. The summed E-state index contributed by atoms with van der Waals surface area (Å²) in [5.41, 5.74) is 0.739. The molecule has 4 atom stereocenters. The molecule has 0 saturated heterocycles. The summed E-state index contributed by atoms with van der Waals surface area (Å²) in [5, 5.41) is 1.63. The lowest BCUT2D eigenvalue weighted by molar-refractivity contribution is 0.0310. The third-order valence-corrected chi connectivity index (χ3v) is 4.90. The molecule has 1 aromatic heterocycles. The molecule has 0 fully saturated rings. The number of aliphatic imine (C=N–C) groups is 2. The maximum atomic E-state index is 14.2. The fourth-order valence-corrected chi connectivity index (χ4v) is 3.16. The van der Waals surface area contributed by atoms with E-state index in [2.05, 4.69) is 15.0 Å². The predicted octanol–water partition coefficient (Wildman–Crippen LogP) is 4.19. The molecule has 8 heteroatoms. The number of amidine groups is 1. The first-order valence-corrected chi connectivity index (χ1v) is 9.15. The van der Waals surface area contributed by atoms with Gasteiger partial charge in [-0.1, -0.05) is 6.08 Å². The van der Waals surface area contributed by atoms with Crippen molar-refractivity contribution >= 4 is 23.5 Å². The van der Waals surface area contributed by atoms with Crippen LogP contribution in [0.2, 0.25) is 0 Å². The van der Waals surface area contributed by atoms with E-state index < -0.39 is 24.3 Å². The van der Waals surface area contributed by atoms with Crippen molar-refractivity contribution in [2.45, 2.75) is 37.0 Å². The molecule has 4 nitrogen and oxygen atoms in total. The summed E-state index contributed by atoms with van der Waals surface area (Å²) in [6.45, 7) is 2.28. The molecule has 0 aromatic carbocycles. The number of alkyl halides is 2. The van der Waals surface area contributed by atoms with E-state index in [0.717, 1.165) is 11.6 Å². The van der Waals surface area contributed by atoms with E-state index in [1.165, 1.54) is 11.8 Å². The number of aromatic nitrogens is 1. The summed E-state index contributed by atoms with van der Waals surface area (Å²) >= 11 is 1.43. The maximum absolute atomic E-state index is 14.2. The molecule has 3 rings (SSSR count). The SMILES string of the molecule is CC1S/C=C\CN=C(c2ccncc2)N=C1OC1CC=C(F)C(F)C1F. The summed E-state index contributed by atoms with van der Waals surface area (Å²) < 4.78 is 46.7. The number of allylic oxidation sites excluding steroid dienone is 1. The number of thioether (sulfide) groups is 1. The summed E-state index contributed by atoms with van der Waals surface area (Å²) in [6.07, 6.45) is 0.581. The maximum Gasteiger partial charge on any atom is 0.203 e. The highest BCUT2D eigenvalue weighted by Crippen LogP contribution is 2.29. The zero-order chi connectivity index (χ0) is 18.5. The molecule has 26 heavy (non-hydrogen) atoms. The first-order valence-electron chi connectivity index (χ1n) is 8.20. The van der Waals surface area contributed by atoms with E-state index in [9.17, 15) is 13.2 Å². The molecule has 138 valence electrons. The lowest BCUT2D eigenvalue weighted by Gasteiger charge is -2.28. The van der Waals surface area contributed by atoms with Gasteiger partial charge in [-0.25, -0.2) is 13.2 Å². The minimum atomic E-state index is -2.30. The Balaban J connectivity index is 1.90. The van der Waals surface area contributed by atoms with Gasteiger partial charge >= 0.3 is 0 Å². The molecule has 2 aliphatic rings. The highest BCUT2D eigenvalue weighted by atomic mass is 32.2. The van der Waals surface area contributed by atoms with Crippen LogP contribution in [-0.4, -0.2) is 47.0 Å². The number of hydrogen-bond donors (Lipinski definition) is 0. The fraction of sp³-hybridized carbons (Fsp3) is 0.389. The minimum Gasteiger partial charge on any atom is -0.473 e. The van der Waals surface area contributed by atoms with Crippen LogP contribution in [0.3, 0.4) is 0 Å². The Hall–Kier alpha value is -2.09. The van der Waals surface area contributed by atoms with Gasteiger partial charge in [0, 0.05) is 24.4 Å². The van der Waals surface area contributed by atoms with Gasteiger partial charge in [-0.05, 0) is 30.5 Å². The summed E-state index contributed by atoms with van der Waals surface area (Å²) in [4.78, 5) is 12.9. The van der Waals surface area contributed by atoms with Crippen LogP contribution in [0.4, 0.5) is 13.2 Å². The van der Waals surface area contributed by atoms with E-state index in [0.29, 0.717) is 12.4 Å². The molecule has 0 spiro atoms. The molecule has 2 heterocycles. The van der Waals surface area contributed by atoms with Crippen LogP contribution in [0, 0.1) is 0 Å². The molecule has 0 amide bonds.